The third-order valence-corrected chi connectivity index (χ3v) is 21.4. The van der Waals surface area contributed by atoms with Gasteiger partial charge in [-0.25, -0.2) is 59.9 Å². The number of hydrogen-bond acceptors (Lipinski definition) is 30. The number of phenols is 5. The summed E-state index contributed by atoms with van der Waals surface area (Å²) in [4.78, 5) is 45.4. The van der Waals surface area contributed by atoms with E-state index >= 15 is 0 Å². The molecule has 0 spiro atoms. The predicted octanol–water partition coefficient (Wildman–Crippen LogP) is 21.8. The van der Waals surface area contributed by atoms with Crippen molar-refractivity contribution in [2.24, 2.45) is 30.6 Å². The van der Waals surface area contributed by atoms with Crippen molar-refractivity contribution >= 4 is 243 Å². The SMILES string of the molecule is C(=N\Nc1ccc2ccccc2n1)/c1ccccn1.Oc1c(Cl)cc(Br)cc1/C=N/Nc1ccc2ccccc2n1.Oc1c(Cl)cc(Br)cc1/C=N/Nc1ncc(Br)cn1.Oc1c(Cl)cc(Br)cc1/C=N/Nc1ncc(F)c(N2CCCCC2)n1.Oc1c(Cl)cc(Br)cc1/C=N/Nc1ncc(F)c(N2CCNCC2)n1.Oc1ccccc1/C=N/Nc1ccc2ccccc2n1. The van der Waals surface area contributed by atoms with Crippen molar-refractivity contribution in [1.29, 1.82) is 0 Å². The number of fused-ring (bicyclic) bond motifs is 3. The number of nitrogens with zero attached hydrogens (tertiary/aromatic N) is 18. The Bertz CT molecular complexity index is 6450. The van der Waals surface area contributed by atoms with Crippen molar-refractivity contribution in [3.63, 3.8) is 0 Å². The maximum absolute atomic E-state index is 14.0. The molecular formula is C89H74Br5Cl4F2N25O5. The lowest BCUT2D eigenvalue weighted by Gasteiger charge is -2.28. The number of aromatic hydroxyl groups is 5. The van der Waals surface area contributed by atoms with E-state index in [2.05, 4.69) is 198 Å². The zero-order valence-electron chi connectivity index (χ0n) is 67.7. The minimum absolute atomic E-state index is 0.0121. The number of rotatable bonds is 20. The van der Waals surface area contributed by atoms with E-state index in [1.165, 1.54) is 24.9 Å². The first kappa shape index (κ1) is 96.3. The first-order valence-electron chi connectivity index (χ1n) is 39.0. The number of anilines is 8. The topological polar surface area (TPSA) is 395 Å². The van der Waals surface area contributed by atoms with Crippen LogP contribution in [0.5, 0.6) is 28.7 Å². The minimum Gasteiger partial charge on any atom is -0.507 e. The summed E-state index contributed by atoms with van der Waals surface area (Å²) in [6.07, 6.45) is 19.3. The Balaban J connectivity index is 0.000000142. The van der Waals surface area contributed by atoms with Crippen LogP contribution in [0.2, 0.25) is 20.1 Å². The lowest BCUT2D eigenvalue weighted by molar-refractivity contribution is 0.474. The summed E-state index contributed by atoms with van der Waals surface area (Å²) < 4.78 is 31.7. The van der Waals surface area contributed by atoms with Gasteiger partial charge in [0.1, 0.15) is 46.2 Å². The van der Waals surface area contributed by atoms with Gasteiger partial charge >= 0.3 is 0 Å². The molecule has 0 aliphatic carbocycles. The van der Waals surface area contributed by atoms with E-state index in [9.17, 15) is 34.3 Å². The van der Waals surface area contributed by atoms with Gasteiger partial charge in [-0.1, -0.05) is 183 Å². The second-order valence-corrected chi connectivity index (χ2v) is 33.4. The van der Waals surface area contributed by atoms with E-state index in [1.54, 1.807) is 97.7 Å². The molecule has 30 nitrogen and oxygen atoms in total. The predicted molar refractivity (Wildman–Crippen MR) is 533 cm³/mol. The van der Waals surface area contributed by atoms with Crippen molar-refractivity contribution in [1.82, 2.24) is 55.2 Å². The quantitative estimate of drug-likeness (QED) is 0.0249. The molecule has 0 amide bonds. The van der Waals surface area contributed by atoms with Crippen molar-refractivity contribution < 1.29 is 34.3 Å². The zero-order valence-corrected chi connectivity index (χ0v) is 78.7. The Labute approximate surface area is 804 Å². The average molecular weight is 2150 g/mol. The molecular weight excluding hydrogens is 2080 g/mol. The molecule has 17 rings (SSSR count). The molecule has 0 unspecified atom stereocenters. The van der Waals surface area contributed by atoms with Crippen LogP contribution in [0, 0.1) is 11.6 Å². The summed E-state index contributed by atoms with van der Waals surface area (Å²) in [5.74, 6) is 2.26. The van der Waals surface area contributed by atoms with Gasteiger partial charge in [-0.3, -0.25) is 21.3 Å². The number of piperidine rings is 1. The number of phenolic OH excluding ortho intramolecular Hbond substituents is 5. The summed E-state index contributed by atoms with van der Waals surface area (Å²) in [7, 11) is 0. The Morgan fingerprint density at radius 1 is 0.338 bits per heavy atom. The van der Waals surface area contributed by atoms with Crippen LogP contribution in [0.1, 0.15) is 52.8 Å². The number of hydrazone groups is 6. The molecule has 41 heteroatoms. The second kappa shape index (κ2) is 49.1. The summed E-state index contributed by atoms with van der Waals surface area (Å²) in [6.45, 7) is 4.44. The van der Waals surface area contributed by atoms with Gasteiger partial charge in [-0.05, 0) is 163 Å². The molecule has 0 atom stereocenters. The van der Waals surface area contributed by atoms with Crippen molar-refractivity contribution in [3.8, 4) is 28.7 Å². The molecule has 2 fully saturated rings. The van der Waals surface area contributed by atoms with E-state index in [4.69, 9.17) is 46.4 Å². The van der Waals surface area contributed by atoms with Gasteiger partial charge in [0.05, 0.1) is 96.5 Å². The van der Waals surface area contributed by atoms with E-state index in [1.807, 2.05) is 143 Å². The number of piperazine rings is 1. The highest BCUT2D eigenvalue weighted by molar-refractivity contribution is 9.11. The highest BCUT2D eigenvalue weighted by Gasteiger charge is 2.20. The van der Waals surface area contributed by atoms with Crippen LogP contribution in [0.25, 0.3) is 32.7 Å². The lowest BCUT2D eigenvalue weighted by Crippen LogP contribution is -2.44. The molecule has 0 saturated carbocycles. The Morgan fingerprint density at radius 3 is 1.08 bits per heavy atom. The smallest absolute Gasteiger partial charge is 0.245 e. The van der Waals surface area contributed by atoms with Crippen LogP contribution in [0.3, 0.4) is 0 Å². The van der Waals surface area contributed by atoms with Gasteiger partial charge in [-0.2, -0.15) is 40.6 Å². The maximum Gasteiger partial charge on any atom is 0.245 e. The van der Waals surface area contributed by atoms with Gasteiger partial charge in [0.2, 0.25) is 17.8 Å². The molecule has 2 saturated heterocycles. The van der Waals surface area contributed by atoms with Crippen LogP contribution in [0.15, 0.2) is 284 Å². The number of halogens is 11. The fourth-order valence-electron chi connectivity index (χ4n) is 11.8. The summed E-state index contributed by atoms with van der Waals surface area (Å²) in [6, 6.07) is 61.1. The molecule has 2 aliphatic rings. The van der Waals surface area contributed by atoms with Gasteiger partial charge in [-0.15, -0.1) is 0 Å². The molecule has 15 aromatic rings. The highest BCUT2D eigenvalue weighted by Crippen LogP contribution is 2.35. The zero-order chi connectivity index (χ0) is 91.7. The van der Waals surface area contributed by atoms with E-state index < -0.39 is 11.6 Å². The largest absolute Gasteiger partial charge is 0.507 e. The van der Waals surface area contributed by atoms with Crippen LogP contribution in [0.4, 0.5) is 55.7 Å². The standard InChI is InChI=1S/C16H16BrClFN5O.C16H11BrClN3O.C16H13N3O.C15H15BrClFN6O.C15H12N4.C11H7Br2ClN4O/c17-11-6-10(14(25)12(18)7-11)8-21-23-16-20-9-13(19)15(22-16)24-4-2-1-3-5-24;17-12-7-11(16(22)13(18)8-12)9-19-21-15-6-5-10-3-1-2-4-14(10)20-15;20-15-8-4-2-6-13(15)11-17-19-16-10-9-12-5-1-3-7-14(12)18-16;16-10-5-9(13(25)11(17)6-10)7-21-23-15-20-8-12(18)14(22-15)24-3-1-19-2-4-24;1-2-7-14-12(5-1)8-9-15(18-14)19-17-11-13-6-3-4-10-16-13;12-7-1-6(10(19)9(14)2-7)3-17-18-11-15-4-8(13)5-16-11/h6-9,25H,1-5H2,(H,20,22,23);1-9,22H,(H,20,21);1-11,20H,(H,18,19);5-8,19,25H,1-4H2,(H,20,22,23);1-11H,(H,18,19);1-5,19H,(H,15,16,18)/b21-8+;19-9+;17-11+;21-7+;17-11+;17-3+. The van der Waals surface area contributed by atoms with Crippen LogP contribution >= 0.6 is 126 Å². The number of nitrogens with one attached hydrogen (secondary N) is 7. The van der Waals surface area contributed by atoms with Crippen molar-refractivity contribution in [2.45, 2.75) is 19.3 Å². The normalized spacial score (nSPS) is 12.5. The van der Waals surface area contributed by atoms with Crippen LogP contribution in [-0.2, 0) is 0 Å². The lowest BCUT2D eigenvalue weighted by atomic mass is 10.1. The van der Waals surface area contributed by atoms with Gasteiger partial charge < -0.3 is 40.6 Å². The molecule has 8 aromatic carbocycles. The Kier molecular flexibility index (Phi) is 36.4. The average Bonchev–Trinajstić information content (AvgIpc) is 0.823. The molecule has 662 valence electrons. The third-order valence-electron chi connectivity index (χ3n) is 18.0. The van der Waals surface area contributed by atoms with Crippen molar-refractivity contribution in [3.05, 3.63) is 319 Å². The Hall–Kier alpha value is -12.8. The van der Waals surface area contributed by atoms with E-state index in [-0.39, 0.29) is 72.4 Å². The monoisotopic (exact) mass is 2150 g/mol. The summed E-state index contributed by atoms with van der Waals surface area (Å²) >= 11 is 40.0. The highest BCUT2D eigenvalue weighted by atomic mass is 79.9. The number of para-hydroxylation sites is 4. The molecule has 0 radical (unpaired) electrons. The number of hydrogen-bond donors (Lipinski definition) is 12. The number of pyridine rings is 4. The molecule has 12 N–H and O–H groups in total. The number of benzene rings is 8. The molecule has 9 heterocycles. The first-order chi connectivity index (χ1) is 63.0. The van der Waals surface area contributed by atoms with Gasteiger partial charge in [0.25, 0.3) is 0 Å². The van der Waals surface area contributed by atoms with Crippen molar-refractivity contribution in [2.75, 3.05) is 81.6 Å². The fourth-order valence-corrected chi connectivity index (χ4v) is 15.3. The van der Waals surface area contributed by atoms with Crippen LogP contribution < -0.4 is 47.7 Å². The first-order valence-corrected chi connectivity index (χ1v) is 44.5. The molecule has 2 aliphatic heterocycles. The summed E-state index contributed by atoms with van der Waals surface area (Å²) in [5, 5.41) is 80.6. The van der Waals surface area contributed by atoms with Crippen LogP contribution in [-0.4, -0.2) is 152 Å². The maximum atomic E-state index is 14.0. The van der Waals surface area contributed by atoms with E-state index in [0.717, 1.165) is 110 Å². The van der Waals surface area contributed by atoms with E-state index in [0.29, 0.717) is 73.3 Å². The van der Waals surface area contributed by atoms with Gasteiger partial charge in [0, 0.05) is 120 Å². The molecule has 130 heavy (non-hydrogen) atoms. The second-order valence-electron chi connectivity index (χ2n) is 27.2. The minimum atomic E-state index is -0.479. The fraction of sp³-hybridized carbons (Fsp3) is 0.101. The van der Waals surface area contributed by atoms with Gasteiger partial charge in [0.15, 0.2) is 23.3 Å². The Morgan fingerprint density at radius 2 is 0.685 bits per heavy atom. The number of aromatic nitrogens is 10. The molecule has 7 aromatic heterocycles. The molecule has 0 bridgehead atoms. The summed E-state index contributed by atoms with van der Waals surface area (Å²) in [5.41, 5.74) is 22.5. The third kappa shape index (κ3) is 29.4.